The van der Waals surface area contributed by atoms with Gasteiger partial charge in [-0.15, -0.1) is 10.2 Å². The van der Waals surface area contributed by atoms with E-state index in [1.54, 1.807) is 6.92 Å². The van der Waals surface area contributed by atoms with Crippen molar-refractivity contribution in [2.24, 2.45) is 0 Å². The van der Waals surface area contributed by atoms with Crippen molar-refractivity contribution in [3.05, 3.63) is 58.5 Å². The van der Waals surface area contributed by atoms with Crippen LogP contribution in [0.2, 0.25) is 0 Å². The first-order chi connectivity index (χ1) is 9.22. The molecule has 0 aliphatic heterocycles. The average Bonchev–Trinajstić information content (AvgIpc) is 2.43. The van der Waals surface area contributed by atoms with E-state index in [0.717, 1.165) is 16.5 Å². The Balaban J connectivity index is 1.96. The monoisotopic (exact) mass is 252 g/mol. The highest BCUT2D eigenvalue weighted by atomic mass is 16.1. The molecule has 1 aromatic heterocycles. The number of benzene rings is 2. The van der Waals surface area contributed by atoms with E-state index < -0.39 is 0 Å². The second-order valence-corrected chi connectivity index (χ2v) is 4.28. The van der Waals surface area contributed by atoms with Crippen LogP contribution in [0, 0.1) is 6.92 Å². The molecule has 0 radical (unpaired) electrons. The number of rotatable bonds is 2. The highest BCUT2D eigenvalue weighted by Crippen LogP contribution is 2.20. The highest BCUT2D eigenvalue weighted by molar-refractivity contribution is 5.86. The zero-order chi connectivity index (χ0) is 13.2. The quantitative estimate of drug-likeness (QED) is 0.734. The number of fused-ring (bicyclic) bond motifs is 1. The Hall–Kier alpha value is -2.69. The van der Waals surface area contributed by atoms with Gasteiger partial charge in [0.1, 0.15) is 5.69 Å². The number of hydrogen-bond donors (Lipinski definition) is 2. The Morgan fingerprint density at radius 2 is 1.84 bits per heavy atom. The minimum Gasteiger partial charge on any atom is -0.324 e. The molecule has 3 rings (SSSR count). The standard InChI is InChI=1S/C14H12N4O/c1-9-13(19)16-14(18-17-9)15-12-7-6-10-4-2-3-5-11(10)8-12/h2-8H,1H3,(H2,15,16,18,19). The molecule has 0 aliphatic carbocycles. The summed E-state index contributed by atoms with van der Waals surface area (Å²) < 4.78 is 0. The van der Waals surface area contributed by atoms with Gasteiger partial charge >= 0.3 is 0 Å². The van der Waals surface area contributed by atoms with E-state index in [9.17, 15) is 4.79 Å². The van der Waals surface area contributed by atoms with Gasteiger partial charge in [0.2, 0.25) is 5.95 Å². The predicted molar refractivity (Wildman–Crippen MR) is 74.6 cm³/mol. The number of nitrogens with zero attached hydrogens (tertiary/aromatic N) is 2. The predicted octanol–water partition coefficient (Wildman–Crippen LogP) is 2.37. The van der Waals surface area contributed by atoms with E-state index >= 15 is 0 Å². The number of aryl methyl sites for hydroxylation is 1. The molecule has 0 saturated carbocycles. The molecule has 2 N–H and O–H groups in total. The van der Waals surface area contributed by atoms with E-state index in [0.29, 0.717) is 11.6 Å². The van der Waals surface area contributed by atoms with Gasteiger partial charge in [-0.2, -0.15) is 0 Å². The van der Waals surface area contributed by atoms with E-state index in [-0.39, 0.29) is 5.56 Å². The van der Waals surface area contributed by atoms with Gasteiger partial charge in [-0.05, 0) is 29.8 Å². The third kappa shape index (κ3) is 2.30. The molecule has 94 valence electrons. The van der Waals surface area contributed by atoms with E-state index in [4.69, 9.17) is 0 Å². The van der Waals surface area contributed by atoms with Gasteiger partial charge in [0.05, 0.1) is 0 Å². The average molecular weight is 252 g/mol. The molecular formula is C14H12N4O. The second-order valence-electron chi connectivity index (χ2n) is 4.28. The highest BCUT2D eigenvalue weighted by Gasteiger charge is 2.01. The van der Waals surface area contributed by atoms with E-state index in [1.165, 1.54) is 0 Å². The molecule has 2 aromatic carbocycles. The fourth-order valence-corrected chi connectivity index (χ4v) is 1.85. The summed E-state index contributed by atoms with van der Waals surface area (Å²) in [5.74, 6) is 0.339. The molecule has 0 saturated heterocycles. The minimum atomic E-state index is -0.238. The summed E-state index contributed by atoms with van der Waals surface area (Å²) >= 11 is 0. The van der Waals surface area contributed by atoms with Gasteiger partial charge in [0, 0.05) is 5.69 Å². The number of nitrogens with one attached hydrogen (secondary N) is 2. The third-order valence-electron chi connectivity index (χ3n) is 2.87. The largest absolute Gasteiger partial charge is 0.324 e. The first kappa shape index (κ1) is 11.4. The zero-order valence-electron chi connectivity index (χ0n) is 10.3. The lowest BCUT2D eigenvalue weighted by atomic mass is 10.1. The van der Waals surface area contributed by atoms with Gasteiger partial charge < -0.3 is 5.32 Å². The summed E-state index contributed by atoms with van der Waals surface area (Å²) in [6.45, 7) is 1.62. The van der Waals surface area contributed by atoms with Gasteiger partial charge in [-0.25, -0.2) is 0 Å². The van der Waals surface area contributed by atoms with Crippen LogP contribution in [0.4, 0.5) is 11.6 Å². The number of H-pyrrole nitrogens is 1. The lowest BCUT2D eigenvalue weighted by Crippen LogP contribution is -2.15. The first-order valence-corrected chi connectivity index (χ1v) is 5.92. The molecule has 0 unspecified atom stereocenters. The van der Waals surface area contributed by atoms with Crippen LogP contribution in [0.25, 0.3) is 10.8 Å². The summed E-state index contributed by atoms with van der Waals surface area (Å²) in [7, 11) is 0. The van der Waals surface area contributed by atoms with Crippen LogP contribution >= 0.6 is 0 Å². The van der Waals surface area contributed by atoms with Crippen molar-refractivity contribution in [2.75, 3.05) is 5.32 Å². The van der Waals surface area contributed by atoms with Crippen molar-refractivity contribution in [1.82, 2.24) is 15.2 Å². The van der Waals surface area contributed by atoms with Crippen molar-refractivity contribution in [3.63, 3.8) is 0 Å². The third-order valence-corrected chi connectivity index (χ3v) is 2.87. The number of aromatic nitrogens is 3. The first-order valence-electron chi connectivity index (χ1n) is 5.92. The molecule has 5 heteroatoms. The molecule has 19 heavy (non-hydrogen) atoms. The Morgan fingerprint density at radius 3 is 2.63 bits per heavy atom. The van der Waals surface area contributed by atoms with Crippen LogP contribution in [0.3, 0.4) is 0 Å². The maximum Gasteiger partial charge on any atom is 0.273 e. The maximum absolute atomic E-state index is 11.4. The topological polar surface area (TPSA) is 70.7 Å². The SMILES string of the molecule is Cc1nnc(Nc2ccc3ccccc3c2)[nH]c1=O. The van der Waals surface area contributed by atoms with Crippen molar-refractivity contribution in [3.8, 4) is 0 Å². The number of anilines is 2. The Kier molecular flexibility index (Phi) is 2.72. The van der Waals surface area contributed by atoms with Crippen LogP contribution in [0.15, 0.2) is 47.3 Å². The van der Waals surface area contributed by atoms with E-state index in [1.807, 2.05) is 42.5 Å². The molecule has 1 heterocycles. The molecule has 0 amide bonds. The molecule has 0 fully saturated rings. The Bertz CT molecular complexity index is 795. The van der Waals surface area contributed by atoms with Gasteiger partial charge in [-0.1, -0.05) is 30.3 Å². The van der Waals surface area contributed by atoms with Crippen LogP contribution in [-0.4, -0.2) is 15.2 Å². The summed E-state index contributed by atoms with van der Waals surface area (Å²) in [6.07, 6.45) is 0. The fourth-order valence-electron chi connectivity index (χ4n) is 1.85. The molecular weight excluding hydrogens is 240 g/mol. The summed E-state index contributed by atoms with van der Waals surface area (Å²) in [6, 6.07) is 14.0. The molecule has 0 atom stereocenters. The zero-order valence-corrected chi connectivity index (χ0v) is 10.3. The minimum absolute atomic E-state index is 0.238. The van der Waals surface area contributed by atoms with Crippen molar-refractivity contribution in [2.45, 2.75) is 6.92 Å². The molecule has 0 bridgehead atoms. The maximum atomic E-state index is 11.4. The van der Waals surface area contributed by atoms with Crippen LogP contribution in [-0.2, 0) is 0 Å². The van der Waals surface area contributed by atoms with Gasteiger partial charge in [-0.3, -0.25) is 9.78 Å². The number of aromatic amines is 1. The summed E-state index contributed by atoms with van der Waals surface area (Å²) in [5.41, 5.74) is 0.967. The van der Waals surface area contributed by atoms with Crippen molar-refractivity contribution < 1.29 is 0 Å². The van der Waals surface area contributed by atoms with Crippen LogP contribution in [0.1, 0.15) is 5.69 Å². The smallest absolute Gasteiger partial charge is 0.273 e. The van der Waals surface area contributed by atoms with Crippen molar-refractivity contribution in [1.29, 1.82) is 0 Å². The second kappa shape index (κ2) is 4.53. The number of hydrogen-bond acceptors (Lipinski definition) is 4. The van der Waals surface area contributed by atoms with E-state index in [2.05, 4.69) is 20.5 Å². The van der Waals surface area contributed by atoms with Crippen molar-refractivity contribution >= 4 is 22.4 Å². The summed E-state index contributed by atoms with van der Waals surface area (Å²) in [4.78, 5) is 14.1. The van der Waals surface area contributed by atoms with Gasteiger partial charge in [0.15, 0.2) is 0 Å². The normalized spacial score (nSPS) is 10.6. The fraction of sp³-hybridized carbons (Fsp3) is 0.0714. The molecule has 3 aromatic rings. The Labute approximate surface area is 109 Å². The lowest BCUT2D eigenvalue weighted by Gasteiger charge is -2.06. The molecule has 0 aliphatic rings. The van der Waals surface area contributed by atoms with Crippen LogP contribution < -0.4 is 10.9 Å². The lowest BCUT2D eigenvalue weighted by molar-refractivity contribution is 0.908. The molecule has 5 nitrogen and oxygen atoms in total. The molecule has 0 spiro atoms. The summed E-state index contributed by atoms with van der Waals surface area (Å²) in [5, 5.41) is 13.0. The van der Waals surface area contributed by atoms with Crippen LogP contribution in [0.5, 0.6) is 0 Å². The van der Waals surface area contributed by atoms with Gasteiger partial charge in [0.25, 0.3) is 5.56 Å². The Morgan fingerprint density at radius 1 is 1.05 bits per heavy atom.